The first-order chi connectivity index (χ1) is 17.8. The van der Waals surface area contributed by atoms with E-state index in [-0.39, 0.29) is 0 Å². The molecule has 0 bridgehead atoms. The number of aryl methyl sites for hydroxylation is 1. The molecule has 0 aliphatic carbocycles. The molecule has 0 atom stereocenters. The fourth-order valence-electron chi connectivity index (χ4n) is 6.19. The van der Waals surface area contributed by atoms with Gasteiger partial charge in [0, 0.05) is 16.2 Å². The fraction of sp³-hybridized carbons (Fsp3) is 0.0286. The molecule has 1 heteroatoms. The maximum atomic E-state index is 2.46. The van der Waals surface area contributed by atoms with Crippen LogP contribution in [-0.4, -0.2) is 4.57 Å². The SMILES string of the molecule is Cc1ccc2c(c1)c1ccccc1c1cc3c(cc21)c1ccccc1n3-c1cccc2ccccc12. The lowest BCUT2D eigenvalue weighted by Gasteiger charge is -2.14. The van der Waals surface area contributed by atoms with Crippen LogP contribution < -0.4 is 0 Å². The summed E-state index contributed by atoms with van der Waals surface area (Å²) in [4.78, 5) is 0. The third kappa shape index (κ3) is 2.60. The topological polar surface area (TPSA) is 4.93 Å². The van der Waals surface area contributed by atoms with E-state index >= 15 is 0 Å². The van der Waals surface area contributed by atoms with E-state index in [1.807, 2.05) is 0 Å². The van der Waals surface area contributed by atoms with Crippen LogP contribution in [0.2, 0.25) is 0 Å². The molecular weight excluding hydrogens is 434 g/mol. The average Bonchev–Trinajstić information content (AvgIpc) is 3.25. The van der Waals surface area contributed by atoms with E-state index in [9.17, 15) is 0 Å². The lowest BCUT2D eigenvalue weighted by Crippen LogP contribution is -1.95. The number of hydrogen-bond donors (Lipinski definition) is 0. The second kappa shape index (κ2) is 7.19. The van der Waals surface area contributed by atoms with Gasteiger partial charge in [-0.15, -0.1) is 0 Å². The Balaban J connectivity index is 1.63. The molecule has 0 radical (unpaired) electrons. The average molecular weight is 458 g/mol. The van der Waals surface area contributed by atoms with E-state index in [1.54, 1.807) is 0 Å². The molecule has 0 fully saturated rings. The Morgan fingerprint density at radius 3 is 1.83 bits per heavy atom. The van der Waals surface area contributed by atoms with Gasteiger partial charge in [0.2, 0.25) is 0 Å². The van der Waals surface area contributed by atoms with Crippen LogP contribution in [0.3, 0.4) is 0 Å². The van der Waals surface area contributed by atoms with Gasteiger partial charge in [-0.2, -0.15) is 0 Å². The van der Waals surface area contributed by atoms with Gasteiger partial charge in [-0.3, -0.25) is 0 Å². The van der Waals surface area contributed by atoms with Gasteiger partial charge in [0.05, 0.1) is 16.7 Å². The van der Waals surface area contributed by atoms with E-state index in [0.717, 1.165) is 0 Å². The molecule has 1 nitrogen and oxygen atoms in total. The van der Waals surface area contributed by atoms with Crippen LogP contribution in [0.5, 0.6) is 0 Å². The highest BCUT2D eigenvalue weighted by Crippen LogP contribution is 2.41. The second-order valence-electron chi connectivity index (χ2n) is 9.86. The normalized spacial score (nSPS) is 12.0. The zero-order valence-electron chi connectivity index (χ0n) is 20.0. The van der Waals surface area contributed by atoms with Crippen molar-refractivity contribution in [2.75, 3.05) is 0 Å². The van der Waals surface area contributed by atoms with Gasteiger partial charge in [0.25, 0.3) is 0 Å². The van der Waals surface area contributed by atoms with Gasteiger partial charge >= 0.3 is 0 Å². The summed E-state index contributed by atoms with van der Waals surface area (Å²) in [5.41, 5.74) is 5.00. The smallest absolute Gasteiger partial charge is 0.0547 e. The highest BCUT2D eigenvalue weighted by molar-refractivity contribution is 6.29. The Morgan fingerprint density at radius 1 is 0.389 bits per heavy atom. The van der Waals surface area contributed by atoms with Crippen molar-refractivity contribution in [2.24, 2.45) is 0 Å². The maximum Gasteiger partial charge on any atom is 0.0547 e. The molecule has 0 N–H and O–H groups in total. The molecule has 0 saturated heterocycles. The third-order valence-corrected chi connectivity index (χ3v) is 7.79. The first kappa shape index (κ1) is 19.7. The van der Waals surface area contributed by atoms with Crippen LogP contribution >= 0.6 is 0 Å². The maximum absolute atomic E-state index is 2.46. The Hall–Kier alpha value is -4.62. The minimum absolute atomic E-state index is 1.22. The van der Waals surface area contributed by atoms with Gasteiger partial charge < -0.3 is 4.57 Å². The minimum Gasteiger partial charge on any atom is -0.309 e. The summed E-state index contributed by atoms with van der Waals surface area (Å²) in [6, 6.07) is 44.7. The first-order valence-corrected chi connectivity index (χ1v) is 12.5. The van der Waals surface area contributed by atoms with E-state index in [1.165, 1.54) is 76.1 Å². The Labute approximate surface area is 208 Å². The standard InChI is InChI=1S/C35H23N/c1-22-17-18-27-29(19-22)25-12-4-5-13-26(25)31-21-35-32(20-30(27)31)28-14-6-7-15-34(28)36(35)33-16-8-10-23-9-2-3-11-24(23)33/h2-21H,1H3. The molecule has 0 saturated carbocycles. The van der Waals surface area contributed by atoms with Crippen LogP contribution in [0.15, 0.2) is 121 Å². The molecule has 0 aliphatic heterocycles. The van der Waals surface area contributed by atoms with Crippen LogP contribution in [0, 0.1) is 6.92 Å². The number of nitrogens with zero attached hydrogens (tertiary/aromatic N) is 1. The van der Waals surface area contributed by atoms with Crippen molar-refractivity contribution in [3.63, 3.8) is 0 Å². The van der Waals surface area contributed by atoms with E-state index in [0.29, 0.717) is 0 Å². The van der Waals surface area contributed by atoms with Crippen molar-refractivity contribution >= 4 is 64.9 Å². The number of benzene rings is 7. The van der Waals surface area contributed by atoms with E-state index < -0.39 is 0 Å². The van der Waals surface area contributed by atoms with Gasteiger partial charge in [-0.25, -0.2) is 0 Å². The highest BCUT2D eigenvalue weighted by atomic mass is 15.0. The molecule has 8 aromatic rings. The van der Waals surface area contributed by atoms with E-state index in [2.05, 4.69) is 133 Å². The van der Waals surface area contributed by atoms with Crippen LogP contribution in [0.25, 0.3) is 70.6 Å². The molecule has 7 aromatic carbocycles. The largest absolute Gasteiger partial charge is 0.309 e. The number of aromatic nitrogens is 1. The third-order valence-electron chi connectivity index (χ3n) is 7.79. The summed E-state index contributed by atoms with van der Waals surface area (Å²) < 4.78 is 2.46. The van der Waals surface area contributed by atoms with E-state index in [4.69, 9.17) is 0 Å². The van der Waals surface area contributed by atoms with Crippen LogP contribution in [0.1, 0.15) is 5.56 Å². The highest BCUT2D eigenvalue weighted by Gasteiger charge is 2.17. The molecule has 0 aliphatic rings. The van der Waals surface area contributed by atoms with Crippen molar-refractivity contribution in [3.05, 3.63) is 127 Å². The number of hydrogen-bond acceptors (Lipinski definition) is 0. The van der Waals surface area contributed by atoms with Gasteiger partial charge in [0.1, 0.15) is 0 Å². The molecular formula is C35H23N. The fourth-order valence-corrected chi connectivity index (χ4v) is 6.19. The van der Waals surface area contributed by atoms with Crippen LogP contribution in [-0.2, 0) is 0 Å². The predicted molar refractivity (Wildman–Crippen MR) is 156 cm³/mol. The summed E-state index contributed by atoms with van der Waals surface area (Å²) in [5, 5.41) is 13.0. The lowest BCUT2D eigenvalue weighted by atomic mass is 9.92. The molecule has 8 rings (SSSR count). The molecule has 0 unspecified atom stereocenters. The van der Waals surface area contributed by atoms with Gasteiger partial charge in [0.15, 0.2) is 0 Å². The Bertz CT molecular complexity index is 2160. The number of fused-ring (bicyclic) bond motifs is 10. The summed E-state index contributed by atoms with van der Waals surface area (Å²) in [5.74, 6) is 0. The zero-order valence-corrected chi connectivity index (χ0v) is 20.0. The van der Waals surface area contributed by atoms with Crippen molar-refractivity contribution in [1.29, 1.82) is 0 Å². The molecule has 168 valence electrons. The van der Waals surface area contributed by atoms with Gasteiger partial charge in [-0.1, -0.05) is 103 Å². The number of para-hydroxylation sites is 1. The molecule has 36 heavy (non-hydrogen) atoms. The summed E-state index contributed by atoms with van der Waals surface area (Å²) in [6.45, 7) is 2.18. The Morgan fingerprint density at radius 2 is 1.00 bits per heavy atom. The lowest BCUT2D eigenvalue weighted by molar-refractivity contribution is 1.20. The molecule has 1 aromatic heterocycles. The van der Waals surface area contributed by atoms with Crippen molar-refractivity contribution in [2.45, 2.75) is 6.92 Å². The minimum atomic E-state index is 1.22. The number of rotatable bonds is 1. The van der Waals surface area contributed by atoms with Crippen molar-refractivity contribution < 1.29 is 0 Å². The first-order valence-electron chi connectivity index (χ1n) is 12.5. The summed E-state index contributed by atoms with van der Waals surface area (Å²) in [7, 11) is 0. The molecule has 0 spiro atoms. The summed E-state index contributed by atoms with van der Waals surface area (Å²) in [6.07, 6.45) is 0. The zero-order chi connectivity index (χ0) is 23.8. The van der Waals surface area contributed by atoms with Crippen molar-refractivity contribution in [3.8, 4) is 5.69 Å². The second-order valence-corrected chi connectivity index (χ2v) is 9.86. The summed E-state index contributed by atoms with van der Waals surface area (Å²) >= 11 is 0. The monoisotopic (exact) mass is 457 g/mol. The van der Waals surface area contributed by atoms with Gasteiger partial charge in [-0.05, 0) is 68.9 Å². The predicted octanol–water partition coefficient (Wildman–Crippen LogP) is 9.70. The van der Waals surface area contributed by atoms with Crippen molar-refractivity contribution in [1.82, 2.24) is 4.57 Å². The quantitative estimate of drug-likeness (QED) is 0.216. The van der Waals surface area contributed by atoms with Crippen LogP contribution in [0.4, 0.5) is 0 Å². The molecule has 1 heterocycles. The molecule has 0 amide bonds. The Kier molecular flexibility index (Phi) is 3.93.